The van der Waals surface area contributed by atoms with Gasteiger partial charge in [-0.25, -0.2) is 15.8 Å². The van der Waals surface area contributed by atoms with E-state index in [2.05, 4.69) is 25.6 Å². The quantitative estimate of drug-likeness (QED) is 0.280. The largest absolute Gasteiger partial charge is 0.353 e. The standard InChI is InChI=1S/C9H13N7S3/c1-16(2)8-14-15-9(19-8)18-6-4-5(13-10)11-7(12-6)17-3/h4H,10H2,1-3H3,(H,11,12,13). The first-order chi connectivity index (χ1) is 9.12. The third-order valence-electron chi connectivity index (χ3n) is 1.98. The Labute approximate surface area is 123 Å². The van der Waals surface area contributed by atoms with Gasteiger partial charge in [0.15, 0.2) is 9.50 Å². The summed E-state index contributed by atoms with van der Waals surface area (Å²) in [6.45, 7) is 0. The molecule has 0 bridgehead atoms. The van der Waals surface area contributed by atoms with Gasteiger partial charge in [-0.2, -0.15) is 0 Å². The van der Waals surface area contributed by atoms with Crippen molar-refractivity contribution in [3.8, 4) is 0 Å². The number of nitrogens with zero attached hydrogens (tertiary/aromatic N) is 5. The molecular formula is C9H13N7S3. The Kier molecular flexibility index (Phi) is 4.80. The highest BCUT2D eigenvalue weighted by Gasteiger charge is 2.10. The minimum Gasteiger partial charge on any atom is -0.353 e. The molecule has 0 aromatic carbocycles. The van der Waals surface area contributed by atoms with E-state index in [1.165, 1.54) is 34.9 Å². The van der Waals surface area contributed by atoms with Crippen LogP contribution in [-0.4, -0.2) is 40.5 Å². The second-order valence-corrected chi connectivity index (χ2v) is 6.57. The molecule has 102 valence electrons. The predicted molar refractivity (Wildman–Crippen MR) is 80.0 cm³/mol. The van der Waals surface area contributed by atoms with Crippen LogP contribution in [0.5, 0.6) is 0 Å². The molecule has 10 heteroatoms. The highest BCUT2D eigenvalue weighted by atomic mass is 32.2. The van der Waals surface area contributed by atoms with E-state index in [0.717, 1.165) is 14.5 Å². The summed E-state index contributed by atoms with van der Waals surface area (Å²) in [6.07, 6.45) is 1.92. The van der Waals surface area contributed by atoms with Crippen LogP contribution in [0, 0.1) is 0 Å². The van der Waals surface area contributed by atoms with Crippen LogP contribution in [0.4, 0.5) is 10.9 Å². The third-order valence-corrected chi connectivity index (χ3v) is 4.59. The first-order valence-corrected chi connectivity index (χ1v) is 8.06. The Balaban J connectivity index is 2.21. The van der Waals surface area contributed by atoms with E-state index in [9.17, 15) is 0 Å². The van der Waals surface area contributed by atoms with Crippen molar-refractivity contribution in [2.75, 3.05) is 30.7 Å². The number of nitrogens with two attached hydrogens (primary N) is 1. The van der Waals surface area contributed by atoms with Crippen LogP contribution in [0.25, 0.3) is 0 Å². The van der Waals surface area contributed by atoms with Crippen molar-refractivity contribution >= 4 is 45.8 Å². The van der Waals surface area contributed by atoms with E-state index in [4.69, 9.17) is 5.84 Å². The van der Waals surface area contributed by atoms with Crippen LogP contribution >= 0.6 is 34.9 Å². The molecular weight excluding hydrogens is 302 g/mol. The Morgan fingerprint density at radius 1 is 1.32 bits per heavy atom. The Morgan fingerprint density at radius 2 is 2.11 bits per heavy atom. The highest BCUT2D eigenvalue weighted by molar-refractivity contribution is 8.01. The first kappa shape index (κ1) is 14.3. The lowest BCUT2D eigenvalue weighted by Gasteiger charge is -2.04. The molecule has 0 atom stereocenters. The second kappa shape index (κ2) is 6.37. The van der Waals surface area contributed by atoms with Crippen molar-refractivity contribution in [2.45, 2.75) is 14.5 Å². The van der Waals surface area contributed by atoms with Gasteiger partial charge in [0.1, 0.15) is 10.8 Å². The van der Waals surface area contributed by atoms with Crippen LogP contribution < -0.4 is 16.2 Å². The first-order valence-electron chi connectivity index (χ1n) is 5.20. The molecule has 0 fully saturated rings. The fourth-order valence-corrected chi connectivity index (χ4v) is 3.28. The Bertz CT molecular complexity index is 534. The van der Waals surface area contributed by atoms with Gasteiger partial charge in [0, 0.05) is 20.2 Å². The zero-order valence-corrected chi connectivity index (χ0v) is 13.1. The number of hydrogen-bond acceptors (Lipinski definition) is 10. The van der Waals surface area contributed by atoms with E-state index < -0.39 is 0 Å². The second-order valence-electron chi connectivity index (χ2n) is 3.57. The number of hydrazine groups is 1. The maximum Gasteiger partial charge on any atom is 0.208 e. The molecule has 0 aliphatic rings. The lowest BCUT2D eigenvalue weighted by atomic mass is 10.6. The van der Waals surface area contributed by atoms with Crippen molar-refractivity contribution in [1.29, 1.82) is 0 Å². The van der Waals surface area contributed by atoms with Gasteiger partial charge in [0.05, 0.1) is 0 Å². The molecule has 3 N–H and O–H groups in total. The summed E-state index contributed by atoms with van der Waals surface area (Å²) in [5, 5.41) is 10.5. The molecule has 0 radical (unpaired) electrons. The van der Waals surface area contributed by atoms with Crippen molar-refractivity contribution < 1.29 is 0 Å². The maximum atomic E-state index is 5.39. The van der Waals surface area contributed by atoms with E-state index >= 15 is 0 Å². The summed E-state index contributed by atoms with van der Waals surface area (Å²) in [5.74, 6) is 5.97. The summed E-state index contributed by atoms with van der Waals surface area (Å²) in [4.78, 5) is 10.5. The number of nitrogens with one attached hydrogen (secondary N) is 1. The summed E-state index contributed by atoms with van der Waals surface area (Å²) in [5.41, 5.74) is 2.53. The molecule has 0 spiro atoms. The zero-order chi connectivity index (χ0) is 13.8. The van der Waals surface area contributed by atoms with Crippen molar-refractivity contribution in [3.05, 3.63) is 6.07 Å². The van der Waals surface area contributed by atoms with Gasteiger partial charge >= 0.3 is 0 Å². The van der Waals surface area contributed by atoms with Crippen LogP contribution in [0.15, 0.2) is 20.6 Å². The van der Waals surface area contributed by atoms with Gasteiger partial charge < -0.3 is 10.3 Å². The summed E-state index contributed by atoms with van der Waals surface area (Å²) >= 11 is 4.41. The Hall–Kier alpha value is -1.10. The molecule has 0 aliphatic heterocycles. The number of rotatable bonds is 5. The van der Waals surface area contributed by atoms with E-state index in [0.29, 0.717) is 11.0 Å². The average molecular weight is 315 g/mol. The average Bonchev–Trinajstić information content (AvgIpc) is 2.87. The van der Waals surface area contributed by atoms with Gasteiger partial charge in [0.25, 0.3) is 0 Å². The maximum absolute atomic E-state index is 5.39. The molecule has 2 aromatic rings. The fraction of sp³-hybridized carbons (Fsp3) is 0.333. The Morgan fingerprint density at radius 3 is 2.68 bits per heavy atom. The number of aromatic nitrogens is 4. The minimum absolute atomic E-state index is 0.583. The van der Waals surface area contributed by atoms with Crippen molar-refractivity contribution in [2.24, 2.45) is 5.84 Å². The summed E-state index contributed by atoms with van der Waals surface area (Å²) in [6, 6.07) is 1.78. The normalized spacial score (nSPS) is 10.5. The minimum atomic E-state index is 0.583. The number of hydrogen-bond donors (Lipinski definition) is 2. The lowest BCUT2D eigenvalue weighted by Crippen LogP contribution is -2.09. The van der Waals surface area contributed by atoms with Crippen LogP contribution in [0.3, 0.4) is 0 Å². The van der Waals surface area contributed by atoms with Gasteiger partial charge in [-0.3, -0.25) is 0 Å². The van der Waals surface area contributed by atoms with Gasteiger partial charge in [-0.15, -0.1) is 10.2 Å². The van der Waals surface area contributed by atoms with Gasteiger partial charge in [-0.1, -0.05) is 23.1 Å². The predicted octanol–water partition coefficient (Wildman–Crippen LogP) is 1.55. The third kappa shape index (κ3) is 3.69. The van der Waals surface area contributed by atoms with E-state index in [-0.39, 0.29) is 0 Å². The van der Waals surface area contributed by atoms with E-state index in [1.807, 2.05) is 25.3 Å². The molecule has 0 saturated carbocycles. The van der Waals surface area contributed by atoms with Crippen LogP contribution in [-0.2, 0) is 0 Å². The lowest BCUT2D eigenvalue weighted by molar-refractivity contribution is 0.890. The topological polar surface area (TPSA) is 92.8 Å². The molecule has 0 saturated heterocycles. The highest BCUT2D eigenvalue weighted by Crippen LogP contribution is 2.33. The smallest absolute Gasteiger partial charge is 0.208 e. The summed E-state index contributed by atoms with van der Waals surface area (Å²) < 4.78 is 0.831. The fourth-order valence-electron chi connectivity index (χ4n) is 1.14. The molecule has 7 nitrogen and oxygen atoms in total. The number of anilines is 2. The number of nitrogen functional groups attached to an aromatic ring is 1. The molecule has 0 amide bonds. The van der Waals surface area contributed by atoms with Gasteiger partial charge in [-0.05, 0) is 18.0 Å². The SMILES string of the molecule is CSc1nc(NN)cc(Sc2nnc(N(C)C)s2)n1. The zero-order valence-electron chi connectivity index (χ0n) is 10.6. The monoisotopic (exact) mass is 315 g/mol. The molecule has 2 heterocycles. The van der Waals surface area contributed by atoms with Crippen molar-refractivity contribution in [1.82, 2.24) is 20.2 Å². The van der Waals surface area contributed by atoms with Crippen LogP contribution in [0.2, 0.25) is 0 Å². The summed E-state index contributed by atoms with van der Waals surface area (Å²) in [7, 11) is 3.86. The molecule has 19 heavy (non-hydrogen) atoms. The number of thioether (sulfide) groups is 1. The molecule has 2 aromatic heterocycles. The molecule has 0 unspecified atom stereocenters. The van der Waals surface area contributed by atoms with Crippen LogP contribution in [0.1, 0.15) is 0 Å². The van der Waals surface area contributed by atoms with Crippen molar-refractivity contribution in [3.63, 3.8) is 0 Å². The molecule has 2 rings (SSSR count). The van der Waals surface area contributed by atoms with E-state index in [1.54, 1.807) is 6.07 Å². The van der Waals surface area contributed by atoms with Gasteiger partial charge in [0.2, 0.25) is 5.13 Å². The molecule has 0 aliphatic carbocycles.